The van der Waals surface area contributed by atoms with Crippen LogP contribution in [-0.4, -0.2) is 58.0 Å². The summed E-state index contributed by atoms with van der Waals surface area (Å²) in [5, 5.41) is 6.74. The Hall–Kier alpha value is -2.38. The Kier molecular flexibility index (Phi) is 5.58. The Bertz CT molecular complexity index is 879. The van der Waals surface area contributed by atoms with Gasteiger partial charge in [-0.25, -0.2) is 5.10 Å². The minimum atomic E-state index is -0.365. The molecule has 0 radical (unpaired) electrons. The third-order valence-corrected chi connectivity index (χ3v) is 4.87. The van der Waals surface area contributed by atoms with Gasteiger partial charge in [-0.2, -0.15) is 5.10 Å². The number of nitrogens with one attached hydrogen (secondary N) is 1. The molecule has 136 valence electrons. The van der Waals surface area contributed by atoms with E-state index in [4.69, 9.17) is 23.2 Å². The van der Waals surface area contributed by atoms with Crippen molar-refractivity contribution in [3.8, 4) is 0 Å². The zero-order chi connectivity index (χ0) is 18.7. The molecule has 2 amide bonds. The number of benzene rings is 1. The van der Waals surface area contributed by atoms with Gasteiger partial charge in [-0.15, -0.1) is 0 Å². The lowest BCUT2D eigenvalue weighted by Crippen LogP contribution is -2.37. The minimum Gasteiger partial charge on any atom is -0.337 e. The molecule has 1 aliphatic rings. The maximum Gasteiger partial charge on any atom is 0.274 e. The van der Waals surface area contributed by atoms with E-state index in [1.807, 2.05) is 0 Å². The van der Waals surface area contributed by atoms with Gasteiger partial charge in [-0.3, -0.25) is 14.4 Å². The number of carbonyl (C=O) groups is 2. The largest absolute Gasteiger partial charge is 0.337 e. The van der Waals surface area contributed by atoms with E-state index in [1.165, 1.54) is 12.1 Å². The molecule has 1 aromatic carbocycles. The van der Waals surface area contributed by atoms with E-state index in [-0.39, 0.29) is 23.1 Å². The van der Waals surface area contributed by atoms with Gasteiger partial charge in [0, 0.05) is 37.8 Å². The van der Waals surface area contributed by atoms with E-state index in [0.29, 0.717) is 48.2 Å². The number of hydrogen-bond donors (Lipinski definition) is 1. The summed E-state index contributed by atoms with van der Waals surface area (Å²) in [7, 11) is 0. The normalized spacial score (nSPS) is 14.8. The summed E-state index contributed by atoms with van der Waals surface area (Å²) in [5.41, 5.74) is 0.270. The van der Waals surface area contributed by atoms with Gasteiger partial charge in [0.05, 0.1) is 10.0 Å². The van der Waals surface area contributed by atoms with E-state index in [1.54, 1.807) is 28.0 Å². The van der Waals surface area contributed by atoms with E-state index >= 15 is 0 Å². The summed E-state index contributed by atoms with van der Waals surface area (Å²) >= 11 is 11.9. The van der Waals surface area contributed by atoms with Gasteiger partial charge in [0.25, 0.3) is 17.4 Å². The van der Waals surface area contributed by atoms with Crippen LogP contribution >= 0.6 is 23.2 Å². The first-order valence-corrected chi connectivity index (χ1v) is 8.80. The molecule has 1 saturated heterocycles. The molecule has 0 unspecified atom stereocenters. The maximum atomic E-state index is 12.7. The molecule has 1 N–H and O–H groups in total. The number of amides is 2. The zero-order valence-electron chi connectivity index (χ0n) is 13.7. The summed E-state index contributed by atoms with van der Waals surface area (Å²) < 4.78 is 0. The van der Waals surface area contributed by atoms with Gasteiger partial charge in [0.1, 0.15) is 5.69 Å². The van der Waals surface area contributed by atoms with Crippen LogP contribution in [0.4, 0.5) is 0 Å². The fraction of sp³-hybridized carbons (Fsp3) is 0.294. The lowest BCUT2D eigenvalue weighted by Gasteiger charge is -2.22. The molecule has 3 rings (SSSR count). The van der Waals surface area contributed by atoms with Crippen LogP contribution in [0, 0.1) is 0 Å². The third-order valence-electron chi connectivity index (χ3n) is 4.14. The Morgan fingerprint density at radius 3 is 2.23 bits per heavy atom. The van der Waals surface area contributed by atoms with Crippen LogP contribution in [0.1, 0.15) is 27.3 Å². The van der Waals surface area contributed by atoms with Crippen molar-refractivity contribution in [2.24, 2.45) is 0 Å². The van der Waals surface area contributed by atoms with Crippen LogP contribution in [0.15, 0.2) is 35.1 Å². The van der Waals surface area contributed by atoms with Crippen molar-refractivity contribution < 1.29 is 9.59 Å². The Balaban J connectivity index is 1.68. The molecular weight excluding hydrogens is 379 g/mol. The fourth-order valence-corrected chi connectivity index (χ4v) is 3.06. The highest BCUT2D eigenvalue weighted by Gasteiger charge is 2.24. The smallest absolute Gasteiger partial charge is 0.274 e. The predicted octanol–water partition coefficient (Wildman–Crippen LogP) is 2.06. The number of rotatable bonds is 2. The van der Waals surface area contributed by atoms with Crippen molar-refractivity contribution >= 4 is 35.0 Å². The van der Waals surface area contributed by atoms with E-state index < -0.39 is 0 Å². The van der Waals surface area contributed by atoms with Crippen LogP contribution in [-0.2, 0) is 0 Å². The van der Waals surface area contributed by atoms with Crippen LogP contribution < -0.4 is 5.56 Å². The summed E-state index contributed by atoms with van der Waals surface area (Å²) in [6.45, 7) is 1.81. The molecule has 2 heterocycles. The Morgan fingerprint density at radius 2 is 1.62 bits per heavy atom. The molecule has 2 aromatic rings. The topological polar surface area (TPSA) is 86.4 Å². The summed E-state index contributed by atoms with van der Waals surface area (Å²) in [6, 6.07) is 7.42. The molecule has 0 spiro atoms. The van der Waals surface area contributed by atoms with Crippen molar-refractivity contribution in [3.05, 3.63) is 62.0 Å². The fourth-order valence-electron chi connectivity index (χ4n) is 2.76. The molecule has 7 nitrogen and oxygen atoms in total. The lowest BCUT2D eigenvalue weighted by atomic mass is 10.2. The molecule has 26 heavy (non-hydrogen) atoms. The molecule has 9 heteroatoms. The molecule has 1 fully saturated rings. The molecule has 0 aliphatic carbocycles. The van der Waals surface area contributed by atoms with Crippen molar-refractivity contribution in [1.82, 2.24) is 20.0 Å². The second-order valence-corrected chi connectivity index (χ2v) is 6.69. The number of halogens is 2. The van der Waals surface area contributed by atoms with Crippen molar-refractivity contribution in [3.63, 3.8) is 0 Å². The van der Waals surface area contributed by atoms with Crippen LogP contribution in [0.25, 0.3) is 0 Å². The monoisotopic (exact) mass is 394 g/mol. The first-order chi connectivity index (χ1) is 12.5. The molecular formula is C17H16Cl2N4O3. The van der Waals surface area contributed by atoms with Crippen molar-refractivity contribution in [2.45, 2.75) is 6.42 Å². The molecule has 0 atom stereocenters. The van der Waals surface area contributed by atoms with Gasteiger partial charge in [-0.1, -0.05) is 23.2 Å². The average Bonchev–Trinajstić information content (AvgIpc) is 2.89. The summed E-state index contributed by atoms with van der Waals surface area (Å²) in [5.74, 6) is -0.426. The molecule has 1 aromatic heterocycles. The number of aromatic nitrogens is 2. The van der Waals surface area contributed by atoms with Gasteiger partial charge < -0.3 is 9.80 Å². The lowest BCUT2D eigenvalue weighted by molar-refractivity contribution is 0.0715. The average molecular weight is 395 g/mol. The molecule has 1 aliphatic heterocycles. The third kappa shape index (κ3) is 4.05. The predicted molar refractivity (Wildman–Crippen MR) is 97.7 cm³/mol. The van der Waals surface area contributed by atoms with Gasteiger partial charge >= 0.3 is 0 Å². The zero-order valence-corrected chi connectivity index (χ0v) is 15.3. The highest BCUT2D eigenvalue weighted by Crippen LogP contribution is 2.23. The van der Waals surface area contributed by atoms with Crippen LogP contribution in [0.2, 0.25) is 10.0 Å². The number of hydrogen-bond acceptors (Lipinski definition) is 4. The standard InChI is InChI=1S/C17H16Cl2N4O3/c18-12-3-2-11(10-13(12)19)16(25)22-6-1-7-23(9-8-22)17(26)14-4-5-15(24)21-20-14/h2-5,10H,1,6-9H2,(H,21,24). The second-order valence-electron chi connectivity index (χ2n) is 5.87. The summed E-state index contributed by atoms with van der Waals surface area (Å²) in [4.78, 5) is 39.6. The van der Waals surface area contributed by atoms with Gasteiger partial charge in [-0.05, 0) is 30.7 Å². The number of carbonyl (C=O) groups excluding carboxylic acids is 2. The van der Waals surface area contributed by atoms with E-state index in [0.717, 1.165) is 0 Å². The SMILES string of the molecule is O=C(c1ccc(Cl)c(Cl)c1)N1CCCN(C(=O)c2ccc(=O)[nH]n2)CC1. The minimum absolute atomic E-state index is 0.153. The first-order valence-electron chi connectivity index (χ1n) is 8.05. The Labute approximate surface area is 159 Å². The highest BCUT2D eigenvalue weighted by molar-refractivity contribution is 6.42. The molecule has 0 bridgehead atoms. The Morgan fingerprint density at radius 1 is 0.923 bits per heavy atom. The van der Waals surface area contributed by atoms with Crippen LogP contribution in [0.5, 0.6) is 0 Å². The second kappa shape index (κ2) is 7.88. The summed E-state index contributed by atoms with van der Waals surface area (Å²) in [6.07, 6.45) is 0.641. The quantitative estimate of drug-likeness (QED) is 0.844. The highest BCUT2D eigenvalue weighted by atomic mass is 35.5. The van der Waals surface area contributed by atoms with Gasteiger partial charge in [0.15, 0.2) is 0 Å². The van der Waals surface area contributed by atoms with E-state index in [2.05, 4.69) is 10.2 Å². The van der Waals surface area contributed by atoms with Gasteiger partial charge in [0.2, 0.25) is 0 Å². The number of H-pyrrole nitrogens is 1. The van der Waals surface area contributed by atoms with Crippen molar-refractivity contribution in [2.75, 3.05) is 26.2 Å². The maximum absolute atomic E-state index is 12.7. The number of nitrogens with zero attached hydrogens (tertiary/aromatic N) is 3. The van der Waals surface area contributed by atoms with E-state index in [9.17, 15) is 14.4 Å². The van der Waals surface area contributed by atoms with Crippen molar-refractivity contribution in [1.29, 1.82) is 0 Å². The molecule has 0 saturated carbocycles. The number of aromatic amines is 1. The van der Waals surface area contributed by atoms with Crippen LogP contribution in [0.3, 0.4) is 0 Å². The first kappa shape index (κ1) is 18.4.